The lowest BCUT2D eigenvalue weighted by atomic mass is 9.72. The van der Waals surface area contributed by atoms with Crippen LogP contribution in [-0.2, 0) is 19.7 Å². The van der Waals surface area contributed by atoms with Crippen molar-refractivity contribution in [3.63, 3.8) is 0 Å². The van der Waals surface area contributed by atoms with Crippen molar-refractivity contribution in [3.8, 4) is 0 Å². The van der Waals surface area contributed by atoms with Gasteiger partial charge in [0.05, 0.1) is 11.3 Å². The molecule has 1 aliphatic rings. The number of nitrogens with one attached hydrogen (secondary N) is 1. The maximum atomic E-state index is 14.3. The minimum atomic E-state index is -1.19. The van der Waals surface area contributed by atoms with Gasteiger partial charge >= 0.3 is 5.97 Å². The van der Waals surface area contributed by atoms with E-state index in [9.17, 15) is 18.4 Å². The number of carboxylic acids is 1. The highest BCUT2D eigenvalue weighted by Crippen LogP contribution is 2.37. The number of carbonyl (C=O) groups excluding carboxylic acids is 1. The number of ether oxygens (including phenoxy) is 1. The van der Waals surface area contributed by atoms with Crippen LogP contribution in [0.3, 0.4) is 0 Å². The summed E-state index contributed by atoms with van der Waals surface area (Å²) in [4.78, 5) is 23.9. The number of amides is 1. The molecular formula is C17H21F2NO4. The molecule has 5 nitrogen and oxygen atoms in total. The monoisotopic (exact) mass is 341 g/mol. The van der Waals surface area contributed by atoms with E-state index in [0.29, 0.717) is 0 Å². The van der Waals surface area contributed by atoms with Crippen LogP contribution in [0.5, 0.6) is 0 Å². The molecule has 24 heavy (non-hydrogen) atoms. The topological polar surface area (TPSA) is 75.6 Å². The van der Waals surface area contributed by atoms with Crippen LogP contribution in [0.25, 0.3) is 0 Å². The van der Waals surface area contributed by atoms with Crippen molar-refractivity contribution in [2.45, 2.75) is 38.1 Å². The van der Waals surface area contributed by atoms with Crippen molar-refractivity contribution in [1.82, 2.24) is 5.32 Å². The molecule has 0 spiro atoms. The summed E-state index contributed by atoms with van der Waals surface area (Å²) in [5.41, 5.74) is -1.08. The molecule has 1 amide bonds. The van der Waals surface area contributed by atoms with Crippen LogP contribution in [0.2, 0.25) is 0 Å². The second-order valence-electron chi connectivity index (χ2n) is 6.21. The molecule has 1 fully saturated rings. The smallest absolute Gasteiger partial charge is 0.308 e. The van der Waals surface area contributed by atoms with Gasteiger partial charge in [-0.1, -0.05) is 6.07 Å². The Hall–Kier alpha value is -2.02. The molecule has 0 aliphatic carbocycles. The Morgan fingerprint density at radius 3 is 2.42 bits per heavy atom. The SMILES string of the molecule is CC(NC(=O)C1(c2ccc(F)cc2F)CCOCC1)C(C)C(=O)O. The zero-order chi connectivity index (χ0) is 17.9. The van der Waals surface area contributed by atoms with E-state index in [-0.39, 0.29) is 31.6 Å². The van der Waals surface area contributed by atoms with Crippen LogP contribution in [0.4, 0.5) is 8.78 Å². The standard InChI is InChI=1S/C17H21F2NO4/c1-10(15(21)22)11(2)20-16(23)17(5-7-24-8-6-17)13-4-3-12(18)9-14(13)19/h3-4,9-11H,5-8H2,1-2H3,(H,20,23)(H,21,22). The zero-order valence-electron chi connectivity index (χ0n) is 13.6. The maximum absolute atomic E-state index is 14.3. The molecule has 2 rings (SSSR count). The van der Waals surface area contributed by atoms with E-state index in [2.05, 4.69) is 5.32 Å². The van der Waals surface area contributed by atoms with E-state index < -0.39 is 40.9 Å². The van der Waals surface area contributed by atoms with Crippen molar-refractivity contribution in [3.05, 3.63) is 35.4 Å². The van der Waals surface area contributed by atoms with Crippen LogP contribution < -0.4 is 5.32 Å². The molecule has 1 aromatic rings. The molecule has 0 aromatic heterocycles. The number of aliphatic carboxylic acids is 1. The normalized spacial score (nSPS) is 19.3. The van der Waals surface area contributed by atoms with Gasteiger partial charge in [0.2, 0.25) is 5.91 Å². The fourth-order valence-electron chi connectivity index (χ4n) is 2.90. The minimum Gasteiger partial charge on any atom is -0.481 e. The third-order valence-electron chi connectivity index (χ3n) is 4.73. The molecule has 1 aromatic carbocycles. The third-order valence-corrected chi connectivity index (χ3v) is 4.73. The second-order valence-corrected chi connectivity index (χ2v) is 6.21. The molecule has 1 saturated heterocycles. The zero-order valence-corrected chi connectivity index (χ0v) is 13.6. The summed E-state index contributed by atoms with van der Waals surface area (Å²) < 4.78 is 32.8. The maximum Gasteiger partial charge on any atom is 0.308 e. The Balaban J connectivity index is 2.34. The quantitative estimate of drug-likeness (QED) is 0.861. The molecule has 1 aliphatic heterocycles. The average molecular weight is 341 g/mol. The first kappa shape index (κ1) is 18.3. The lowest BCUT2D eigenvalue weighted by Crippen LogP contribution is -2.52. The van der Waals surface area contributed by atoms with Gasteiger partial charge in [0.1, 0.15) is 11.6 Å². The van der Waals surface area contributed by atoms with Gasteiger partial charge in [-0.15, -0.1) is 0 Å². The largest absolute Gasteiger partial charge is 0.481 e. The van der Waals surface area contributed by atoms with E-state index in [0.717, 1.165) is 12.1 Å². The van der Waals surface area contributed by atoms with Gasteiger partial charge in [0.25, 0.3) is 0 Å². The summed E-state index contributed by atoms with van der Waals surface area (Å²) in [6.45, 7) is 3.62. The van der Waals surface area contributed by atoms with Crippen molar-refractivity contribution in [2.24, 2.45) is 5.92 Å². The van der Waals surface area contributed by atoms with Crippen LogP contribution in [0.15, 0.2) is 18.2 Å². The van der Waals surface area contributed by atoms with Crippen molar-refractivity contribution < 1.29 is 28.2 Å². The van der Waals surface area contributed by atoms with Crippen molar-refractivity contribution in [1.29, 1.82) is 0 Å². The van der Waals surface area contributed by atoms with Crippen molar-refractivity contribution in [2.75, 3.05) is 13.2 Å². The summed E-state index contributed by atoms with van der Waals surface area (Å²) in [5.74, 6) is -3.78. The molecule has 7 heteroatoms. The van der Waals surface area contributed by atoms with E-state index in [1.165, 1.54) is 13.0 Å². The predicted molar refractivity (Wildman–Crippen MR) is 82.5 cm³/mol. The van der Waals surface area contributed by atoms with Crippen LogP contribution in [0, 0.1) is 17.6 Å². The van der Waals surface area contributed by atoms with E-state index in [1.807, 2.05) is 0 Å². The molecular weight excluding hydrogens is 320 g/mol. The Morgan fingerprint density at radius 1 is 1.25 bits per heavy atom. The highest BCUT2D eigenvalue weighted by molar-refractivity contribution is 5.89. The molecule has 1 heterocycles. The number of hydrogen-bond acceptors (Lipinski definition) is 3. The Morgan fingerprint density at radius 2 is 1.88 bits per heavy atom. The van der Waals surface area contributed by atoms with Gasteiger partial charge in [-0.05, 0) is 32.8 Å². The highest BCUT2D eigenvalue weighted by atomic mass is 19.1. The van der Waals surface area contributed by atoms with Gasteiger partial charge in [-0.3, -0.25) is 9.59 Å². The summed E-state index contributed by atoms with van der Waals surface area (Å²) in [6.07, 6.45) is 0.491. The summed E-state index contributed by atoms with van der Waals surface area (Å²) in [6, 6.07) is 2.52. The molecule has 0 radical (unpaired) electrons. The van der Waals surface area contributed by atoms with Gasteiger partial charge in [-0.25, -0.2) is 8.78 Å². The molecule has 132 valence electrons. The van der Waals surface area contributed by atoms with Gasteiger partial charge in [0, 0.05) is 30.9 Å². The van der Waals surface area contributed by atoms with Crippen LogP contribution >= 0.6 is 0 Å². The first-order valence-corrected chi connectivity index (χ1v) is 7.85. The molecule has 0 saturated carbocycles. The summed E-state index contributed by atoms with van der Waals surface area (Å²) in [5, 5.41) is 11.7. The first-order valence-electron chi connectivity index (χ1n) is 7.85. The second kappa shape index (κ2) is 7.25. The first-order chi connectivity index (χ1) is 11.3. The predicted octanol–water partition coefficient (Wildman–Crippen LogP) is 2.24. The Labute approximate surface area is 139 Å². The van der Waals surface area contributed by atoms with E-state index >= 15 is 0 Å². The Bertz CT molecular complexity index is 629. The number of carbonyl (C=O) groups is 2. The molecule has 2 atom stereocenters. The highest BCUT2D eigenvalue weighted by Gasteiger charge is 2.44. The van der Waals surface area contributed by atoms with Crippen LogP contribution in [0.1, 0.15) is 32.3 Å². The number of halogens is 2. The lowest BCUT2D eigenvalue weighted by Gasteiger charge is -2.37. The van der Waals surface area contributed by atoms with Crippen LogP contribution in [-0.4, -0.2) is 36.2 Å². The molecule has 0 bridgehead atoms. The summed E-state index contributed by atoms with van der Waals surface area (Å²) >= 11 is 0. The average Bonchev–Trinajstić information content (AvgIpc) is 2.54. The number of carboxylic acid groups (broad SMARTS) is 1. The Kier molecular flexibility index (Phi) is 5.54. The molecule has 2 unspecified atom stereocenters. The summed E-state index contributed by atoms with van der Waals surface area (Å²) in [7, 11) is 0. The fourth-order valence-corrected chi connectivity index (χ4v) is 2.90. The van der Waals surface area contributed by atoms with Gasteiger partial charge in [0.15, 0.2) is 0 Å². The lowest BCUT2D eigenvalue weighted by molar-refractivity contribution is -0.142. The molecule has 2 N–H and O–H groups in total. The number of rotatable bonds is 5. The van der Waals surface area contributed by atoms with Gasteiger partial charge in [-0.2, -0.15) is 0 Å². The minimum absolute atomic E-state index is 0.111. The van der Waals surface area contributed by atoms with Gasteiger partial charge < -0.3 is 15.2 Å². The fraction of sp³-hybridized carbons (Fsp3) is 0.529. The third kappa shape index (κ3) is 3.56. The van der Waals surface area contributed by atoms with Crippen molar-refractivity contribution >= 4 is 11.9 Å². The number of hydrogen-bond donors (Lipinski definition) is 2. The number of benzene rings is 1. The van der Waals surface area contributed by atoms with E-state index in [4.69, 9.17) is 9.84 Å². The van der Waals surface area contributed by atoms with E-state index in [1.54, 1.807) is 6.92 Å².